The Balaban J connectivity index is 1.20. The molecule has 7 nitrogen and oxygen atoms in total. The van der Waals surface area contributed by atoms with Crippen molar-refractivity contribution in [1.29, 1.82) is 0 Å². The highest BCUT2D eigenvalue weighted by molar-refractivity contribution is 8.00. The van der Waals surface area contributed by atoms with E-state index in [-0.39, 0.29) is 45.6 Å². The van der Waals surface area contributed by atoms with Gasteiger partial charge in [-0.1, -0.05) is 53.3 Å². The van der Waals surface area contributed by atoms with Crippen molar-refractivity contribution in [2.75, 3.05) is 5.32 Å². The number of carbonyl (C=O) groups excluding carboxylic acids is 3. The average molecular weight is 566 g/mol. The number of fused-ring (bicyclic) bond motifs is 9. The van der Waals surface area contributed by atoms with Gasteiger partial charge in [-0.05, 0) is 60.9 Å². The molecule has 2 aromatic carbocycles. The highest BCUT2D eigenvalue weighted by atomic mass is 35.5. The van der Waals surface area contributed by atoms with Gasteiger partial charge in [0.15, 0.2) is 0 Å². The molecule has 8 unspecified atom stereocenters. The summed E-state index contributed by atoms with van der Waals surface area (Å²) in [5.74, 6) is -1.56. The molecule has 2 N–H and O–H groups in total. The van der Waals surface area contributed by atoms with Crippen LogP contribution in [0.4, 0.5) is 5.69 Å². The third-order valence-electron chi connectivity index (χ3n) is 8.80. The van der Waals surface area contributed by atoms with Gasteiger partial charge in [-0.15, -0.1) is 11.8 Å². The number of nitrogens with zero attached hydrogens (tertiary/aromatic N) is 1. The van der Waals surface area contributed by atoms with E-state index >= 15 is 0 Å². The molecule has 7 rings (SSSR count). The van der Waals surface area contributed by atoms with Gasteiger partial charge in [0.2, 0.25) is 17.7 Å². The van der Waals surface area contributed by atoms with Crippen molar-refractivity contribution in [2.24, 2.45) is 29.6 Å². The van der Waals surface area contributed by atoms with Crippen molar-refractivity contribution in [1.82, 2.24) is 9.88 Å². The molecule has 3 aromatic rings. The van der Waals surface area contributed by atoms with Crippen molar-refractivity contribution >= 4 is 58.1 Å². The van der Waals surface area contributed by atoms with Crippen molar-refractivity contribution in [3.8, 4) is 0 Å². The highest BCUT2D eigenvalue weighted by Crippen LogP contribution is 2.68. The molecule has 1 saturated heterocycles. The molecule has 2 aliphatic carbocycles. The fourth-order valence-corrected chi connectivity index (χ4v) is 10.4. The summed E-state index contributed by atoms with van der Waals surface area (Å²) < 4.78 is 0. The molecule has 3 heterocycles. The third kappa shape index (κ3) is 3.48. The zero-order valence-corrected chi connectivity index (χ0v) is 22.7. The molecular weight excluding hydrogens is 542 g/mol. The van der Waals surface area contributed by atoms with E-state index < -0.39 is 23.8 Å². The molecule has 3 amide bonds. The number of aromatic nitrogens is 1. The van der Waals surface area contributed by atoms with Gasteiger partial charge in [0.1, 0.15) is 6.04 Å². The fourth-order valence-electron chi connectivity index (χ4n) is 7.35. The van der Waals surface area contributed by atoms with Gasteiger partial charge in [-0.25, -0.2) is 0 Å². The van der Waals surface area contributed by atoms with Crippen molar-refractivity contribution < 1.29 is 14.4 Å². The smallest absolute Gasteiger partial charge is 0.305 e. The van der Waals surface area contributed by atoms with Crippen LogP contribution in [0.3, 0.4) is 0 Å². The number of hydrogen-bond donors (Lipinski definition) is 2. The monoisotopic (exact) mass is 565 g/mol. The maximum Gasteiger partial charge on any atom is 0.305 e. The number of carbonyl (C=O) groups is 3. The minimum atomic E-state index is -0.923. The summed E-state index contributed by atoms with van der Waals surface area (Å²) in [4.78, 5) is 58.2. The van der Waals surface area contributed by atoms with E-state index in [4.69, 9.17) is 11.6 Å². The van der Waals surface area contributed by atoms with E-state index in [0.717, 1.165) is 21.9 Å². The van der Waals surface area contributed by atoms with Crippen LogP contribution in [0.25, 0.3) is 0 Å². The number of anilines is 1. The van der Waals surface area contributed by atoms with E-state index in [2.05, 4.69) is 22.4 Å². The predicted octanol–water partition coefficient (Wildman–Crippen LogP) is 4.59. The quantitative estimate of drug-likeness (QED) is 0.451. The minimum Gasteiger partial charge on any atom is -0.324 e. The van der Waals surface area contributed by atoms with Crippen LogP contribution in [0.2, 0.25) is 5.02 Å². The first-order valence-corrected chi connectivity index (χ1v) is 14.8. The van der Waals surface area contributed by atoms with Gasteiger partial charge in [-0.2, -0.15) is 0 Å². The maximum atomic E-state index is 13.8. The van der Waals surface area contributed by atoms with Gasteiger partial charge < -0.3 is 10.3 Å². The molecule has 3 fully saturated rings. The second kappa shape index (κ2) is 8.83. The summed E-state index contributed by atoms with van der Waals surface area (Å²) in [6.07, 6.45) is 0.816. The first-order chi connectivity index (χ1) is 18.3. The van der Waals surface area contributed by atoms with Gasteiger partial charge in [0.25, 0.3) is 0 Å². The van der Waals surface area contributed by atoms with Crippen molar-refractivity contribution in [3.05, 3.63) is 79.7 Å². The predicted molar refractivity (Wildman–Crippen MR) is 146 cm³/mol. The number of hydrogen-bond acceptors (Lipinski definition) is 6. The number of amides is 3. The van der Waals surface area contributed by atoms with E-state index in [0.29, 0.717) is 10.7 Å². The van der Waals surface area contributed by atoms with Gasteiger partial charge in [0.05, 0.1) is 16.9 Å². The standard InChI is InChI=1S/C28H24ClN3O4S2/c1-12(24(33)30-15-9-7-14(29)8-10-15)32-26(34)20-16-11-17(21(20)27(32)35)22-19(16)18(13-5-3-2-4-6-13)23-25(37-22)31-28(36)38-23/h2-10,12,16-22H,11H2,1H3,(H,30,33)(H,31,36). The molecule has 1 aromatic heterocycles. The number of nitrogens with one attached hydrogen (secondary N) is 2. The molecule has 4 aliphatic rings. The summed E-state index contributed by atoms with van der Waals surface area (Å²) in [6, 6.07) is 16.0. The van der Waals surface area contributed by atoms with Gasteiger partial charge in [0, 0.05) is 26.8 Å². The van der Waals surface area contributed by atoms with E-state index in [1.807, 2.05) is 18.2 Å². The minimum absolute atomic E-state index is 0.0000659. The molecule has 38 heavy (non-hydrogen) atoms. The molecule has 0 spiro atoms. The lowest BCUT2D eigenvalue weighted by Crippen LogP contribution is -2.46. The van der Waals surface area contributed by atoms with Crippen molar-refractivity contribution in [3.63, 3.8) is 0 Å². The van der Waals surface area contributed by atoms with E-state index in [1.54, 1.807) is 43.0 Å². The molecule has 2 saturated carbocycles. The van der Waals surface area contributed by atoms with Crippen LogP contribution in [-0.2, 0) is 14.4 Å². The van der Waals surface area contributed by atoms with Crippen LogP contribution >= 0.6 is 34.7 Å². The van der Waals surface area contributed by atoms with Gasteiger partial charge in [-0.3, -0.25) is 24.1 Å². The molecule has 10 heteroatoms. The summed E-state index contributed by atoms with van der Waals surface area (Å²) in [7, 11) is 0. The normalized spacial score (nSPS) is 31.6. The molecule has 2 bridgehead atoms. The number of thiazole rings is 1. The Bertz CT molecular complexity index is 1520. The average Bonchev–Trinajstić information content (AvgIpc) is 3.64. The van der Waals surface area contributed by atoms with Crippen LogP contribution in [0.15, 0.2) is 64.4 Å². The number of likely N-dealkylation sites (tertiary alicyclic amines) is 1. The van der Waals surface area contributed by atoms with E-state index in [1.165, 1.54) is 16.2 Å². The summed E-state index contributed by atoms with van der Waals surface area (Å²) >= 11 is 8.86. The number of aromatic amines is 1. The lowest BCUT2D eigenvalue weighted by atomic mass is 9.68. The Morgan fingerprint density at radius 1 is 1.03 bits per heavy atom. The second-order valence-corrected chi connectivity index (χ2v) is 13.2. The van der Waals surface area contributed by atoms with E-state index in [9.17, 15) is 19.2 Å². The van der Waals surface area contributed by atoms with Crippen LogP contribution < -0.4 is 10.2 Å². The number of halogens is 1. The maximum absolute atomic E-state index is 13.8. The largest absolute Gasteiger partial charge is 0.324 e. The SMILES string of the molecule is CC(C(=O)Nc1ccc(Cl)cc1)N1C(=O)C2C3CC(C2C1=O)C1C(c2ccccc2)c2sc(=O)[nH]c2SC31. The number of H-pyrrole nitrogens is 1. The Kier molecular flexibility index (Phi) is 5.62. The summed E-state index contributed by atoms with van der Waals surface area (Å²) in [6.45, 7) is 1.61. The Morgan fingerprint density at radius 3 is 2.42 bits per heavy atom. The highest BCUT2D eigenvalue weighted by Gasteiger charge is 2.70. The summed E-state index contributed by atoms with van der Waals surface area (Å²) in [5.41, 5.74) is 1.69. The van der Waals surface area contributed by atoms with Gasteiger partial charge >= 0.3 is 4.87 Å². The van der Waals surface area contributed by atoms with Crippen LogP contribution in [0, 0.1) is 29.6 Å². The fraction of sp³-hybridized carbons (Fsp3) is 0.357. The van der Waals surface area contributed by atoms with Crippen molar-refractivity contribution in [2.45, 2.75) is 35.6 Å². The zero-order valence-electron chi connectivity index (χ0n) is 20.3. The Morgan fingerprint density at radius 2 is 1.71 bits per heavy atom. The Hall–Kier alpha value is -2.88. The molecule has 8 atom stereocenters. The number of benzene rings is 2. The van der Waals surface area contributed by atoms with Crippen LogP contribution in [-0.4, -0.2) is 38.9 Å². The summed E-state index contributed by atoms with van der Waals surface area (Å²) in [5, 5.41) is 4.37. The zero-order chi connectivity index (χ0) is 26.3. The molecule has 0 radical (unpaired) electrons. The number of imide groups is 1. The Labute approximate surface area is 232 Å². The molecular formula is C28H24ClN3O4S2. The number of thioether (sulfide) groups is 1. The van der Waals surface area contributed by atoms with Crippen LogP contribution in [0.5, 0.6) is 0 Å². The first-order valence-electron chi connectivity index (χ1n) is 12.7. The van der Waals surface area contributed by atoms with Crippen LogP contribution in [0.1, 0.15) is 29.7 Å². The third-order valence-corrected chi connectivity index (χ3v) is 11.6. The molecule has 2 aliphatic heterocycles. The lowest BCUT2D eigenvalue weighted by molar-refractivity contribution is -0.146. The molecule has 194 valence electrons. The number of rotatable bonds is 4. The first kappa shape index (κ1) is 24.2. The topological polar surface area (TPSA) is 99.3 Å². The second-order valence-electron chi connectivity index (χ2n) is 10.6. The lowest BCUT2D eigenvalue weighted by Gasteiger charge is -2.43.